The molecule has 0 aromatic rings. The van der Waals surface area contributed by atoms with Crippen LogP contribution in [0.4, 0.5) is 0 Å². The van der Waals surface area contributed by atoms with Gasteiger partial charge in [-0.1, -0.05) is 13.3 Å². The Hall–Kier alpha value is 0.150. The number of rotatable bonds is 2. The Balaban J connectivity index is 2.68. The minimum Gasteiger partial charge on any atom is -0.343 e. The molecule has 0 aromatic carbocycles. The zero-order valence-corrected chi connectivity index (χ0v) is 7.27. The number of hydrogen-bond donors (Lipinski definition) is 2. The monoisotopic (exact) mass is 163 g/mol. The van der Waals surface area contributed by atoms with Crippen LogP contribution in [0.5, 0.6) is 0 Å². The predicted octanol–water partition coefficient (Wildman–Crippen LogP) is 0.972. The van der Waals surface area contributed by atoms with Crippen molar-refractivity contribution in [1.29, 1.82) is 0 Å². The molecule has 0 bridgehead atoms. The SMILES string of the molecule is CCC1C[C@]1(N)P(C)(=O)O. The lowest BCUT2D eigenvalue weighted by Crippen LogP contribution is -2.24. The summed E-state index contributed by atoms with van der Waals surface area (Å²) in [4.78, 5) is 9.15. The van der Waals surface area contributed by atoms with Gasteiger partial charge >= 0.3 is 0 Å². The quantitative estimate of drug-likeness (QED) is 0.596. The van der Waals surface area contributed by atoms with Gasteiger partial charge in [0.25, 0.3) is 0 Å². The maximum atomic E-state index is 11.1. The van der Waals surface area contributed by atoms with E-state index in [1.165, 1.54) is 6.66 Å². The summed E-state index contributed by atoms with van der Waals surface area (Å²) in [5.41, 5.74) is 5.67. The fraction of sp³-hybridized carbons (Fsp3) is 1.00. The second kappa shape index (κ2) is 2.07. The van der Waals surface area contributed by atoms with E-state index in [9.17, 15) is 4.57 Å². The number of nitrogens with two attached hydrogens (primary N) is 1. The zero-order valence-electron chi connectivity index (χ0n) is 6.37. The molecule has 3 nitrogen and oxygen atoms in total. The van der Waals surface area contributed by atoms with Crippen LogP contribution >= 0.6 is 7.37 Å². The van der Waals surface area contributed by atoms with E-state index in [4.69, 9.17) is 10.6 Å². The second-order valence-electron chi connectivity index (χ2n) is 3.18. The van der Waals surface area contributed by atoms with Gasteiger partial charge in [-0.25, -0.2) is 0 Å². The molecule has 0 saturated heterocycles. The molecule has 10 heavy (non-hydrogen) atoms. The summed E-state index contributed by atoms with van der Waals surface area (Å²) in [6.07, 6.45) is 1.63. The Morgan fingerprint density at radius 2 is 2.40 bits per heavy atom. The van der Waals surface area contributed by atoms with E-state index in [0.717, 1.165) is 6.42 Å². The van der Waals surface area contributed by atoms with Gasteiger partial charge in [-0.3, -0.25) is 4.57 Å². The molecule has 1 fully saturated rings. The van der Waals surface area contributed by atoms with E-state index in [1.807, 2.05) is 6.92 Å². The van der Waals surface area contributed by atoms with Crippen molar-refractivity contribution >= 4 is 7.37 Å². The highest BCUT2D eigenvalue weighted by Gasteiger charge is 2.59. The van der Waals surface area contributed by atoms with E-state index in [1.54, 1.807) is 0 Å². The normalized spacial score (nSPS) is 44.6. The van der Waals surface area contributed by atoms with Gasteiger partial charge in [0.05, 0.1) is 5.28 Å². The third-order valence-corrected chi connectivity index (χ3v) is 4.48. The van der Waals surface area contributed by atoms with Crippen LogP contribution in [0.2, 0.25) is 0 Å². The first-order valence-electron chi connectivity index (χ1n) is 3.51. The van der Waals surface area contributed by atoms with Gasteiger partial charge in [0.2, 0.25) is 7.37 Å². The molecule has 0 heterocycles. The molecule has 0 spiro atoms. The molecule has 4 heteroatoms. The molecule has 1 aliphatic carbocycles. The average molecular weight is 163 g/mol. The van der Waals surface area contributed by atoms with E-state index < -0.39 is 12.6 Å². The summed E-state index contributed by atoms with van der Waals surface area (Å²) in [5.74, 6) is 0.272. The van der Waals surface area contributed by atoms with Gasteiger partial charge in [0.1, 0.15) is 0 Å². The second-order valence-corrected chi connectivity index (χ2v) is 5.77. The van der Waals surface area contributed by atoms with Crippen molar-refractivity contribution in [1.82, 2.24) is 0 Å². The van der Waals surface area contributed by atoms with Crippen LogP contribution in [0.3, 0.4) is 0 Å². The van der Waals surface area contributed by atoms with E-state index in [-0.39, 0.29) is 5.92 Å². The van der Waals surface area contributed by atoms with Gasteiger partial charge in [0, 0.05) is 6.66 Å². The standard InChI is InChI=1S/C6H14NO2P/c1-3-5-4-6(5,7)10(2,8)9/h5H,3-4,7H2,1-2H3,(H,8,9)/t5?,6-/m0/s1. The molecular formula is C6H14NO2P. The van der Waals surface area contributed by atoms with Crippen LogP contribution in [-0.2, 0) is 4.57 Å². The molecular weight excluding hydrogens is 149 g/mol. The van der Waals surface area contributed by atoms with Gasteiger partial charge in [-0.05, 0) is 12.3 Å². The Morgan fingerprint density at radius 3 is 2.50 bits per heavy atom. The average Bonchev–Trinajstić information content (AvgIpc) is 2.41. The van der Waals surface area contributed by atoms with Crippen molar-refractivity contribution in [2.75, 3.05) is 6.66 Å². The molecule has 0 aliphatic heterocycles. The fourth-order valence-corrected chi connectivity index (χ4v) is 2.76. The van der Waals surface area contributed by atoms with Crippen LogP contribution in [-0.4, -0.2) is 16.8 Å². The van der Waals surface area contributed by atoms with Crippen molar-refractivity contribution in [3.63, 3.8) is 0 Å². The van der Waals surface area contributed by atoms with Gasteiger partial charge in [-0.15, -0.1) is 0 Å². The van der Waals surface area contributed by atoms with Crippen molar-refractivity contribution in [3.8, 4) is 0 Å². The molecule has 1 aliphatic rings. The maximum Gasteiger partial charge on any atom is 0.217 e. The molecule has 1 saturated carbocycles. The predicted molar refractivity (Wildman–Crippen MR) is 41.1 cm³/mol. The fourth-order valence-electron chi connectivity index (χ4n) is 1.34. The van der Waals surface area contributed by atoms with Crippen LogP contribution in [0.1, 0.15) is 19.8 Å². The molecule has 3 atom stereocenters. The molecule has 3 N–H and O–H groups in total. The topological polar surface area (TPSA) is 63.3 Å². The highest BCUT2D eigenvalue weighted by molar-refractivity contribution is 7.59. The lowest BCUT2D eigenvalue weighted by atomic mass is 10.3. The van der Waals surface area contributed by atoms with Crippen LogP contribution in [0, 0.1) is 5.92 Å². The Bertz CT molecular complexity index is 188. The van der Waals surface area contributed by atoms with Gasteiger partial charge in [0.15, 0.2) is 0 Å². The molecule has 1 rings (SSSR count). The van der Waals surface area contributed by atoms with E-state index in [0.29, 0.717) is 6.42 Å². The largest absolute Gasteiger partial charge is 0.343 e. The van der Waals surface area contributed by atoms with Gasteiger partial charge < -0.3 is 10.6 Å². The third-order valence-electron chi connectivity index (χ3n) is 2.39. The zero-order chi connectivity index (χ0) is 7.99. The molecule has 0 amide bonds. The third kappa shape index (κ3) is 1.03. The summed E-state index contributed by atoms with van der Waals surface area (Å²) < 4.78 is 11.1. The van der Waals surface area contributed by atoms with Crippen LogP contribution in [0.15, 0.2) is 0 Å². The van der Waals surface area contributed by atoms with Crippen molar-refractivity contribution in [2.24, 2.45) is 11.7 Å². The molecule has 0 aromatic heterocycles. The van der Waals surface area contributed by atoms with Crippen molar-refractivity contribution < 1.29 is 9.46 Å². The first-order valence-corrected chi connectivity index (χ1v) is 5.61. The highest BCUT2D eigenvalue weighted by Crippen LogP contribution is 2.66. The van der Waals surface area contributed by atoms with Crippen LogP contribution < -0.4 is 5.73 Å². The maximum absolute atomic E-state index is 11.1. The summed E-state index contributed by atoms with van der Waals surface area (Å²) >= 11 is 0. The first-order chi connectivity index (χ1) is 4.42. The van der Waals surface area contributed by atoms with Crippen molar-refractivity contribution in [2.45, 2.75) is 25.0 Å². The Morgan fingerprint density at radius 1 is 1.90 bits per heavy atom. The number of hydrogen-bond acceptors (Lipinski definition) is 2. The summed E-state index contributed by atoms with van der Waals surface area (Å²) in [6.45, 7) is 3.34. The first kappa shape index (κ1) is 8.25. The smallest absolute Gasteiger partial charge is 0.217 e. The lowest BCUT2D eigenvalue weighted by molar-refractivity contribution is 0.460. The summed E-state index contributed by atoms with van der Waals surface area (Å²) in [6, 6.07) is 0. The summed E-state index contributed by atoms with van der Waals surface area (Å²) in [5, 5.41) is -0.734. The molecule has 2 unspecified atom stereocenters. The lowest BCUT2D eigenvalue weighted by Gasteiger charge is -2.14. The molecule has 0 radical (unpaired) electrons. The highest BCUT2D eigenvalue weighted by atomic mass is 31.2. The van der Waals surface area contributed by atoms with E-state index in [2.05, 4.69) is 0 Å². The van der Waals surface area contributed by atoms with Gasteiger partial charge in [-0.2, -0.15) is 0 Å². The minimum absolute atomic E-state index is 0.272. The molecule has 60 valence electrons. The Labute approximate surface area is 61.1 Å². The minimum atomic E-state index is -3.03. The van der Waals surface area contributed by atoms with Crippen LogP contribution in [0.25, 0.3) is 0 Å². The van der Waals surface area contributed by atoms with Crippen molar-refractivity contribution in [3.05, 3.63) is 0 Å². The summed E-state index contributed by atoms with van der Waals surface area (Å²) in [7, 11) is -3.03. The Kier molecular flexibility index (Phi) is 1.70. The van der Waals surface area contributed by atoms with E-state index >= 15 is 0 Å².